The third-order valence-corrected chi connectivity index (χ3v) is 5.30. The van der Waals surface area contributed by atoms with Crippen LogP contribution in [0.3, 0.4) is 0 Å². The van der Waals surface area contributed by atoms with Crippen LogP contribution < -0.4 is 10.6 Å². The van der Waals surface area contributed by atoms with E-state index < -0.39 is 11.7 Å². The predicted octanol–water partition coefficient (Wildman–Crippen LogP) is 3.90. The summed E-state index contributed by atoms with van der Waals surface area (Å²) in [7, 11) is 0. The Morgan fingerprint density at radius 1 is 1.13 bits per heavy atom. The lowest BCUT2D eigenvalue weighted by atomic mass is 9.96. The first-order chi connectivity index (χ1) is 10.9. The fourth-order valence-electron chi connectivity index (χ4n) is 3.82. The molecule has 0 spiro atoms. The van der Waals surface area contributed by atoms with Gasteiger partial charge < -0.3 is 10.6 Å². The van der Waals surface area contributed by atoms with Crippen molar-refractivity contribution in [2.45, 2.75) is 44.3 Å². The maximum atomic E-state index is 12.5. The van der Waals surface area contributed by atoms with Crippen LogP contribution in [0.15, 0.2) is 24.3 Å². The second-order valence-electron chi connectivity index (χ2n) is 6.63. The van der Waals surface area contributed by atoms with Crippen molar-refractivity contribution in [3.05, 3.63) is 35.4 Å². The number of benzene rings is 1. The number of alkyl halides is 3. The molecule has 3 atom stereocenters. The number of fused-ring (bicyclic) bond motifs is 2. The summed E-state index contributed by atoms with van der Waals surface area (Å²) in [5, 5.41) is 7.22. The van der Waals surface area contributed by atoms with Crippen LogP contribution in [0, 0.1) is 11.8 Å². The topological polar surface area (TPSA) is 24.1 Å². The number of hydrogen-bond donors (Lipinski definition) is 2. The maximum Gasteiger partial charge on any atom is 0.416 e. The molecule has 0 aliphatic heterocycles. The molecule has 1 aromatic rings. The van der Waals surface area contributed by atoms with Crippen molar-refractivity contribution in [3.8, 4) is 0 Å². The van der Waals surface area contributed by atoms with Gasteiger partial charge in [0, 0.05) is 12.6 Å². The van der Waals surface area contributed by atoms with E-state index in [4.69, 9.17) is 12.2 Å². The molecule has 1 aromatic carbocycles. The highest BCUT2D eigenvalue weighted by molar-refractivity contribution is 7.80. The zero-order chi connectivity index (χ0) is 16.4. The van der Waals surface area contributed by atoms with Gasteiger partial charge in [-0.1, -0.05) is 18.6 Å². The Hall–Kier alpha value is -1.30. The van der Waals surface area contributed by atoms with E-state index in [1.165, 1.54) is 37.8 Å². The van der Waals surface area contributed by atoms with Gasteiger partial charge >= 0.3 is 6.18 Å². The molecule has 2 nitrogen and oxygen atoms in total. The highest BCUT2D eigenvalue weighted by Crippen LogP contribution is 2.44. The van der Waals surface area contributed by atoms with Crippen molar-refractivity contribution in [2.24, 2.45) is 11.8 Å². The van der Waals surface area contributed by atoms with Gasteiger partial charge in [0.05, 0.1) is 5.56 Å². The molecule has 6 heteroatoms. The molecule has 2 aliphatic carbocycles. The van der Waals surface area contributed by atoms with Crippen LogP contribution in [0.4, 0.5) is 13.2 Å². The normalized spacial score (nSPS) is 26.3. The first-order valence-corrected chi connectivity index (χ1v) is 8.53. The quantitative estimate of drug-likeness (QED) is 0.812. The van der Waals surface area contributed by atoms with Crippen LogP contribution in [0.5, 0.6) is 0 Å². The van der Waals surface area contributed by atoms with Gasteiger partial charge in [-0.2, -0.15) is 13.2 Å². The molecule has 0 heterocycles. The first-order valence-electron chi connectivity index (χ1n) is 8.12. The maximum absolute atomic E-state index is 12.5. The van der Waals surface area contributed by atoms with Crippen LogP contribution >= 0.6 is 12.2 Å². The number of hydrogen-bond acceptors (Lipinski definition) is 1. The zero-order valence-corrected chi connectivity index (χ0v) is 13.6. The van der Waals surface area contributed by atoms with Gasteiger partial charge in [0.1, 0.15) is 0 Å². The molecule has 126 valence electrons. The van der Waals surface area contributed by atoms with E-state index in [0.717, 1.165) is 29.5 Å². The minimum absolute atomic E-state index is 0.500. The molecule has 2 bridgehead atoms. The van der Waals surface area contributed by atoms with Crippen molar-refractivity contribution in [2.75, 3.05) is 6.54 Å². The van der Waals surface area contributed by atoms with Crippen molar-refractivity contribution in [1.82, 2.24) is 10.6 Å². The number of halogens is 3. The largest absolute Gasteiger partial charge is 0.416 e. The van der Waals surface area contributed by atoms with E-state index in [9.17, 15) is 13.2 Å². The summed E-state index contributed by atoms with van der Waals surface area (Å²) in [6, 6.07) is 5.80. The summed E-state index contributed by atoms with van der Waals surface area (Å²) in [5.41, 5.74) is 0.260. The van der Waals surface area contributed by atoms with Gasteiger partial charge in [-0.25, -0.2) is 0 Å². The lowest BCUT2D eigenvalue weighted by molar-refractivity contribution is -0.137. The first kappa shape index (κ1) is 16.6. The van der Waals surface area contributed by atoms with Gasteiger partial charge in [0.2, 0.25) is 0 Å². The number of thiocarbonyl (C=S) groups is 1. The molecule has 2 saturated carbocycles. The van der Waals surface area contributed by atoms with E-state index >= 15 is 0 Å². The van der Waals surface area contributed by atoms with E-state index in [1.807, 2.05) is 0 Å². The van der Waals surface area contributed by atoms with Crippen LogP contribution in [-0.4, -0.2) is 17.7 Å². The Labute approximate surface area is 139 Å². The molecule has 0 saturated heterocycles. The Balaban J connectivity index is 1.40. The van der Waals surface area contributed by atoms with Crippen molar-refractivity contribution >= 4 is 17.3 Å². The van der Waals surface area contributed by atoms with Gasteiger partial charge in [-0.3, -0.25) is 0 Å². The minimum Gasteiger partial charge on any atom is -0.362 e. The van der Waals surface area contributed by atoms with Crippen LogP contribution in [0.25, 0.3) is 0 Å². The third-order valence-electron chi connectivity index (χ3n) is 5.04. The lowest BCUT2D eigenvalue weighted by Gasteiger charge is -2.24. The Morgan fingerprint density at radius 2 is 1.87 bits per heavy atom. The summed E-state index contributed by atoms with van der Waals surface area (Å²) in [5.74, 6) is 1.63. The van der Waals surface area contributed by atoms with E-state index in [1.54, 1.807) is 0 Å². The predicted molar refractivity (Wildman–Crippen MR) is 88.1 cm³/mol. The molecule has 2 N–H and O–H groups in total. The second-order valence-corrected chi connectivity index (χ2v) is 7.03. The molecule has 3 rings (SSSR count). The average molecular weight is 342 g/mol. The van der Waals surface area contributed by atoms with Crippen molar-refractivity contribution in [3.63, 3.8) is 0 Å². The highest BCUT2D eigenvalue weighted by atomic mass is 32.1. The van der Waals surface area contributed by atoms with Gasteiger partial charge in [0.15, 0.2) is 5.11 Å². The molecule has 2 aliphatic rings. The van der Waals surface area contributed by atoms with E-state index in [-0.39, 0.29) is 0 Å². The molecule has 0 aromatic heterocycles. The van der Waals surface area contributed by atoms with Crippen molar-refractivity contribution < 1.29 is 13.2 Å². The van der Waals surface area contributed by atoms with Gasteiger partial charge in [-0.05, 0) is 67.4 Å². The Kier molecular flexibility index (Phi) is 4.80. The molecule has 23 heavy (non-hydrogen) atoms. The monoisotopic (exact) mass is 342 g/mol. The molecule has 0 amide bonds. The van der Waals surface area contributed by atoms with Crippen LogP contribution in [0.1, 0.15) is 36.8 Å². The molecular formula is C17H21F3N2S. The lowest BCUT2D eigenvalue weighted by Crippen LogP contribution is -2.44. The number of rotatable bonds is 4. The van der Waals surface area contributed by atoms with Crippen LogP contribution in [0.2, 0.25) is 0 Å². The summed E-state index contributed by atoms with van der Waals surface area (Å²) in [6.07, 6.45) is 1.57. The highest BCUT2D eigenvalue weighted by Gasteiger charge is 2.39. The zero-order valence-electron chi connectivity index (χ0n) is 12.8. The summed E-state index contributed by atoms with van der Waals surface area (Å²) in [6.45, 7) is 0.623. The average Bonchev–Trinajstić information content (AvgIpc) is 3.09. The fourth-order valence-corrected chi connectivity index (χ4v) is 4.08. The summed E-state index contributed by atoms with van der Waals surface area (Å²) >= 11 is 5.32. The summed E-state index contributed by atoms with van der Waals surface area (Å²) in [4.78, 5) is 0. The van der Waals surface area contributed by atoms with E-state index in [0.29, 0.717) is 24.1 Å². The van der Waals surface area contributed by atoms with Crippen molar-refractivity contribution in [1.29, 1.82) is 0 Å². The fraction of sp³-hybridized carbons (Fsp3) is 0.588. The van der Waals surface area contributed by atoms with Gasteiger partial charge in [-0.15, -0.1) is 0 Å². The smallest absolute Gasteiger partial charge is 0.362 e. The molecule has 0 radical (unpaired) electrons. The Morgan fingerprint density at radius 3 is 2.43 bits per heavy atom. The molecule has 2 fully saturated rings. The SMILES string of the molecule is FC(F)(F)c1ccc(CCNC(=S)N[C@@H]2C[C@H]3CC[C@H]2C3)cc1. The third kappa shape index (κ3) is 4.16. The van der Waals surface area contributed by atoms with Gasteiger partial charge in [0.25, 0.3) is 0 Å². The standard InChI is InChI=1S/C17H21F3N2S/c18-17(19,20)14-5-2-11(3-6-14)7-8-21-16(23)22-15-10-12-1-4-13(15)9-12/h2-3,5-6,12-13,15H,1,4,7-10H2,(H2,21,22,23)/t12-,13-,15+/m0/s1. The minimum atomic E-state index is -4.27. The molecule has 0 unspecified atom stereocenters. The molecular weight excluding hydrogens is 321 g/mol. The Bertz CT molecular complexity index is 556. The van der Waals surface area contributed by atoms with Crippen LogP contribution in [-0.2, 0) is 12.6 Å². The summed E-state index contributed by atoms with van der Waals surface area (Å²) < 4.78 is 37.5. The number of nitrogens with one attached hydrogen (secondary N) is 2. The second kappa shape index (κ2) is 6.67. The van der Waals surface area contributed by atoms with E-state index in [2.05, 4.69) is 10.6 Å².